The molecule has 0 fully saturated rings. The molecule has 2 N–H and O–H groups in total. The van der Waals surface area contributed by atoms with Gasteiger partial charge >= 0.3 is 6.36 Å². The first kappa shape index (κ1) is 18.5. The van der Waals surface area contributed by atoms with Crippen LogP contribution in [0.1, 0.15) is 5.69 Å². The van der Waals surface area contributed by atoms with Crippen molar-refractivity contribution in [1.29, 1.82) is 5.26 Å². The predicted molar refractivity (Wildman–Crippen MR) is 81.7 cm³/mol. The zero-order valence-electron chi connectivity index (χ0n) is 11.7. The molecule has 24 heavy (non-hydrogen) atoms. The summed E-state index contributed by atoms with van der Waals surface area (Å²) in [7, 11) is 0. The lowest BCUT2D eigenvalue weighted by atomic mass is 10.3. The third-order valence-corrected chi connectivity index (χ3v) is 4.26. The summed E-state index contributed by atoms with van der Waals surface area (Å²) in [5.41, 5.74) is 5.54. The van der Waals surface area contributed by atoms with Crippen LogP contribution in [0.4, 0.5) is 19.0 Å². The minimum Gasteiger partial charge on any atom is -0.611 e. The number of anilines is 1. The van der Waals surface area contributed by atoms with E-state index in [2.05, 4.69) is 9.84 Å². The number of ether oxygens (including phenoxy) is 1. The summed E-state index contributed by atoms with van der Waals surface area (Å²) in [5, 5.41) is 12.4. The fraction of sp³-hybridized carbons (Fsp3) is 0.167. The first-order valence-electron chi connectivity index (χ1n) is 5.92. The van der Waals surface area contributed by atoms with E-state index in [0.717, 1.165) is 16.8 Å². The van der Waals surface area contributed by atoms with Crippen LogP contribution >= 0.6 is 23.2 Å². The number of nitrogens with zero attached hydrogens (tertiary/aromatic N) is 3. The van der Waals surface area contributed by atoms with Crippen molar-refractivity contribution < 1.29 is 22.5 Å². The predicted octanol–water partition coefficient (Wildman–Crippen LogP) is 3.27. The van der Waals surface area contributed by atoms with Gasteiger partial charge in [-0.05, 0) is 11.2 Å². The maximum atomic E-state index is 12.3. The van der Waals surface area contributed by atoms with Crippen molar-refractivity contribution in [3.05, 3.63) is 27.9 Å². The highest BCUT2D eigenvalue weighted by Crippen LogP contribution is 2.37. The summed E-state index contributed by atoms with van der Waals surface area (Å²) in [6.07, 6.45) is -3.62. The Labute approximate surface area is 146 Å². The summed E-state index contributed by atoms with van der Waals surface area (Å²) in [5.74, 6) is -0.799. The van der Waals surface area contributed by atoms with Crippen LogP contribution in [0.2, 0.25) is 10.0 Å². The number of benzene rings is 1. The Morgan fingerprint density at radius 2 is 1.92 bits per heavy atom. The van der Waals surface area contributed by atoms with E-state index in [-0.39, 0.29) is 32.1 Å². The number of halogens is 5. The minimum absolute atomic E-state index is 0.0275. The number of hydrogen-bond donors (Lipinski definition) is 1. The van der Waals surface area contributed by atoms with Gasteiger partial charge in [-0.1, -0.05) is 23.2 Å². The van der Waals surface area contributed by atoms with Gasteiger partial charge in [0.25, 0.3) is 0 Å². The Morgan fingerprint density at radius 1 is 1.38 bits per heavy atom. The molecule has 0 aliphatic heterocycles. The van der Waals surface area contributed by atoms with E-state index in [1.165, 1.54) is 6.26 Å². The highest BCUT2D eigenvalue weighted by atomic mass is 35.5. The lowest BCUT2D eigenvalue weighted by Crippen LogP contribution is -2.17. The number of alkyl halides is 3. The smallest absolute Gasteiger partial charge is 0.573 e. The third kappa shape index (κ3) is 3.64. The molecule has 0 aliphatic rings. The van der Waals surface area contributed by atoms with E-state index >= 15 is 0 Å². The number of nitrogens with two attached hydrogens (primary N) is 1. The fourth-order valence-corrected chi connectivity index (χ4v) is 3.25. The maximum absolute atomic E-state index is 12.3. The molecular formula is C12H7Cl2F3N4O2S. The topological polar surface area (TPSA) is 99.9 Å². The van der Waals surface area contributed by atoms with Crippen LogP contribution in [0.5, 0.6) is 5.75 Å². The molecular weight excluding hydrogens is 392 g/mol. The van der Waals surface area contributed by atoms with Gasteiger partial charge in [-0.15, -0.1) is 18.3 Å². The Kier molecular flexibility index (Phi) is 5.10. The van der Waals surface area contributed by atoms with Crippen LogP contribution in [0.3, 0.4) is 0 Å². The van der Waals surface area contributed by atoms with Gasteiger partial charge in [-0.25, -0.2) is 4.68 Å². The maximum Gasteiger partial charge on any atom is 0.573 e. The average Bonchev–Trinajstić information content (AvgIpc) is 2.73. The zero-order chi connectivity index (χ0) is 18.2. The SMILES string of the molecule is C[S+]([O-])c1c(C#N)nn(-c2c(Cl)cc(OC(F)(F)F)cc2Cl)c1N. The molecule has 2 rings (SSSR count). The van der Waals surface area contributed by atoms with Gasteiger partial charge in [0.2, 0.25) is 10.6 Å². The molecule has 1 unspecified atom stereocenters. The van der Waals surface area contributed by atoms with E-state index in [1.807, 2.05) is 0 Å². The molecule has 2 aromatic rings. The van der Waals surface area contributed by atoms with Crippen molar-refractivity contribution in [2.75, 3.05) is 12.0 Å². The monoisotopic (exact) mass is 398 g/mol. The van der Waals surface area contributed by atoms with Gasteiger partial charge in [-0.2, -0.15) is 5.26 Å². The second-order valence-electron chi connectivity index (χ2n) is 4.32. The van der Waals surface area contributed by atoms with Gasteiger partial charge in [0, 0.05) is 12.1 Å². The van der Waals surface area contributed by atoms with Crippen LogP contribution in [0.25, 0.3) is 5.69 Å². The average molecular weight is 399 g/mol. The van der Waals surface area contributed by atoms with Crippen LogP contribution in [0, 0.1) is 11.3 Å². The fourth-order valence-electron chi connectivity index (χ4n) is 1.88. The molecule has 0 saturated heterocycles. The summed E-state index contributed by atoms with van der Waals surface area (Å²) >= 11 is 10.3. The summed E-state index contributed by atoms with van der Waals surface area (Å²) in [4.78, 5) is -0.0275. The van der Waals surface area contributed by atoms with Crippen LogP contribution in [-0.2, 0) is 11.2 Å². The minimum atomic E-state index is -4.92. The van der Waals surface area contributed by atoms with E-state index in [4.69, 9.17) is 34.2 Å². The Hall–Kier alpha value is -1.80. The molecule has 6 nitrogen and oxygen atoms in total. The second kappa shape index (κ2) is 6.60. The van der Waals surface area contributed by atoms with Crippen molar-refractivity contribution in [2.24, 2.45) is 0 Å². The first-order valence-corrected chi connectivity index (χ1v) is 8.23. The number of nitrogen functional groups attached to an aromatic ring is 1. The van der Waals surface area contributed by atoms with Crippen molar-refractivity contribution >= 4 is 40.2 Å². The Morgan fingerprint density at radius 3 is 2.29 bits per heavy atom. The van der Waals surface area contributed by atoms with E-state index < -0.39 is 23.3 Å². The molecule has 0 aliphatic carbocycles. The van der Waals surface area contributed by atoms with Gasteiger partial charge in [0.15, 0.2) is 5.82 Å². The quantitative estimate of drug-likeness (QED) is 0.799. The molecule has 1 heterocycles. The summed E-state index contributed by atoms with van der Waals surface area (Å²) in [6.45, 7) is 0. The van der Waals surface area contributed by atoms with E-state index in [1.54, 1.807) is 6.07 Å². The molecule has 0 saturated carbocycles. The van der Waals surface area contributed by atoms with Crippen molar-refractivity contribution in [1.82, 2.24) is 9.78 Å². The number of nitriles is 1. The number of aromatic nitrogens is 2. The molecule has 128 valence electrons. The van der Waals surface area contributed by atoms with Gasteiger partial charge in [-0.3, -0.25) is 0 Å². The van der Waals surface area contributed by atoms with Crippen molar-refractivity contribution in [3.63, 3.8) is 0 Å². The molecule has 0 radical (unpaired) electrons. The molecule has 12 heteroatoms. The highest BCUT2D eigenvalue weighted by Gasteiger charge is 2.32. The molecule has 0 bridgehead atoms. The molecule has 1 aromatic heterocycles. The molecule has 1 atom stereocenters. The Balaban J connectivity index is 2.61. The van der Waals surface area contributed by atoms with Crippen LogP contribution in [0.15, 0.2) is 17.0 Å². The standard InChI is InChI=1S/C12H7Cl2F3N4O2S/c1-24(22)10-8(4-18)20-21(11(10)19)9-6(13)2-5(3-7(9)14)23-12(15,16)17/h2-3H,19H2,1H3. The number of hydrogen-bond acceptors (Lipinski definition) is 5. The van der Waals surface area contributed by atoms with Crippen LogP contribution in [-0.4, -0.2) is 27.0 Å². The van der Waals surface area contributed by atoms with Gasteiger partial charge in [0.1, 0.15) is 23.8 Å². The first-order chi connectivity index (χ1) is 11.0. The molecule has 1 aromatic carbocycles. The van der Waals surface area contributed by atoms with E-state index in [0.29, 0.717) is 0 Å². The lowest BCUT2D eigenvalue weighted by Gasteiger charge is -2.13. The van der Waals surface area contributed by atoms with Gasteiger partial charge in [0.05, 0.1) is 10.0 Å². The Bertz CT molecular complexity index is 810. The number of rotatable bonds is 3. The summed E-state index contributed by atoms with van der Waals surface area (Å²) < 4.78 is 53.2. The van der Waals surface area contributed by atoms with E-state index in [9.17, 15) is 17.7 Å². The lowest BCUT2D eigenvalue weighted by molar-refractivity contribution is -0.274. The van der Waals surface area contributed by atoms with Crippen molar-refractivity contribution in [2.45, 2.75) is 11.3 Å². The second-order valence-corrected chi connectivity index (χ2v) is 6.45. The molecule has 0 amide bonds. The summed E-state index contributed by atoms with van der Waals surface area (Å²) in [6, 6.07) is 3.46. The largest absolute Gasteiger partial charge is 0.611 e. The van der Waals surface area contributed by atoms with Crippen molar-refractivity contribution in [3.8, 4) is 17.5 Å². The highest BCUT2D eigenvalue weighted by molar-refractivity contribution is 7.91. The van der Waals surface area contributed by atoms with Gasteiger partial charge < -0.3 is 15.0 Å². The van der Waals surface area contributed by atoms with Crippen LogP contribution < -0.4 is 10.5 Å². The normalized spacial score (nSPS) is 12.8. The zero-order valence-corrected chi connectivity index (χ0v) is 14.0. The third-order valence-electron chi connectivity index (χ3n) is 2.71. The molecule has 0 spiro atoms.